The highest BCUT2D eigenvalue weighted by Gasteiger charge is 2.09. The van der Waals surface area contributed by atoms with Gasteiger partial charge in [0.1, 0.15) is 11.5 Å². The van der Waals surface area contributed by atoms with E-state index in [4.69, 9.17) is 15.2 Å². The van der Waals surface area contributed by atoms with Crippen molar-refractivity contribution in [3.63, 3.8) is 0 Å². The zero-order chi connectivity index (χ0) is 22.6. The lowest BCUT2D eigenvalue weighted by Gasteiger charge is -2.18. The van der Waals surface area contributed by atoms with Crippen molar-refractivity contribution < 1.29 is 14.3 Å². The number of ether oxygens (including phenoxy) is 2. The van der Waals surface area contributed by atoms with Crippen LogP contribution >= 0.6 is 0 Å². The van der Waals surface area contributed by atoms with Gasteiger partial charge < -0.3 is 25.8 Å². The molecule has 31 heavy (non-hydrogen) atoms. The quantitative estimate of drug-likeness (QED) is 0.379. The van der Waals surface area contributed by atoms with Gasteiger partial charge in [-0.05, 0) is 56.0 Å². The number of nitrogens with one attached hydrogen (secondary N) is 2. The van der Waals surface area contributed by atoms with Crippen LogP contribution in [-0.4, -0.2) is 38.2 Å². The summed E-state index contributed by atoms with van der Waals surface area (Å²) in [6.07, 6.45) is 1.96. The zero-order valence-electron chi connectivity index (χ0n) is 18.9. The maximum absolute atomic E-state index is 10.8. The molecule has 7 heteroatoms. The molecule has 0 bridgehead atoms. The second kappa shape index (κ2) is 12.5. The molecular weight excluding hydrogens is 392 g/mol. The van der Waals surface area contributed by atoms with Crippen molar-refractivity contribution in [2.75, 3.05) is 20.2 Å². The van der Waals surface area contributed by atoms with Gasteiger partial charge in [0.15, 0.2) is 12.6 Å². The summed E-state index contributed by atoms with van der Waals surface area (Å²) in [6.45, 7) is 7.50. The van der Waals surface area contributed by atoms with Crippen LogP contribution in [0.2, 0.25) is 0 Å². The minimum atomic E-state index is -0.489. The van der Waals surface area contributed by atoms with Crippen LogP contribution in [0.5, 0.6) is 11.5 Å². The fourth-order valence-electron chi connectivity index (χ4n) is 2.85. The predicted octanol–water partition coefficient (Wildman–Crippen LogP) is 2.94. The van der Waals surface area contributed by atoms with Crippen molar-refractivity contribution >= 4 is 11.9 Å². The highest BCUT2D eigenvalue weighted by Crippen LogP contribution is 2.22. The Bertz CT molecular complexity index is 866. The van der Waals surface area contributed by atoms with Crippen LogP contribution in [0.3, 0.4) is 0 Å². The van der Waals surface area contributed by atoms with Crippen molar-refractivity contribution in [1.29, 1.82) is 0 Å². The van der Waals surface area contributed by atoms with Gasteiger partial charge in [0.05, 0.1) is 6.10 Å². The fourth-order valence-corrected chi connectivity index (χ4v) is 2.85. The van der Waals surface area contributed by atoms with Gasteiger partial charge in [-0.3, -0.25) is 9.79 Å². The van der Waals surface area contributed by atoms with Gasteiger partial charge in [-0.2, -0.15) is 0 Å². The Labute approximate surface area is 185 Å². The first-order valence-corrected chi connectivity index (χ1v) is 10.6. The summed E-state index contributed by atoms with van der Waals surface area (Å²) in [4.78, 5) is 15.1. The van der Waals surface area contributed by atoms with Crippen molar-refractivity contribution in [1.82, 2.24) is 10.6 Å². The Kier molecular flexibility index (Phi) is 9.68. The monoisotopic (exact) mass is 426 g/mol. The molecule has 0 aromatic heterocycles. The van der Waals surface area contributed by atoms with E-state index in [1.807, 2.05) is 24.3 Å². The van der Waals surface area contributed by atoms with E-state index in [0.29, 0.717) is 12.3 Å². The molecule has 1 atom stereocenters. The highest BCUT2D eigenvalue weighted by molar-refractivity contribution is 5.79. The van der Waals surface area contributed by atoms with Gasteiger partial charge in [-0.25, -0.2) is 0 Å². The number of aliphatic imine (C=N–C) groups is 1. The van der Waals surface area contributed by atoms with E-state index >= 15 is 0 Å². The van der Waals surface area contributed by atoms with Crippen molar-refractivity contribution in [3.8, 4) is 11.5 Å². The number of amides is 1. The van der Waals surface area contributed by atoms with Gasteiger partial charge in [-0.1, -0.05) is 31.2 Å². The van der Waals surface area contributed by atoms with Crippen LogP contribution < -0.4 is 25.8 Å². The normalized spacial score (nSPS) is 12.2. The molecular formula is C24H34N4O3. The molecule has 0 saturated heterocycles. The molecule has 0 aliphatic heterocycles. The van der Waals surface area contributed by atoms with Crippen LogP contribution in [0, 0.1) is 6.92 Å². The smallest absolute Gasteiger partial charge is 0.255 e. The number of aryl methyl sites for hydroxylation is 1. The summed E-state index contributed by atoms with van der Waals surface area (Å²) in [5.74, 6) is 1.78. The van der Waals surface area contributed by atoms with E-state index in [1.165, 1.54) is 5.56 Å². The fraction of sp³-hybridized carbons (Fsp3) is 0.417. The Morgan fingerprint density at radius 1 is 1.16 bits per heavy atom. The molecule has 168 valence electrons. The number of hydrogen-bond acceptors (Lipinski definition) is 4. The number of primary amides is 1. The molecule has 0 spiro atoms. The topological polar surface area (TPSA) is 98.0 Å². The third-order valence-corrected chi connectivity index (χ3v) is 4.81. The second-order valence-corrected chi connectivity index (χ2v) is 7.45. The Morgan fingerprint density at radius 2 is 1.90 bits per heavy atom. The summed E-state index contributed by atoms with van der Waals surface area (Å²) in [5.41, 5.74) is 8.51. The van der Waals surface area contributed by atoms with E-state index in [-0.39, 0.29) is 12.7 Å². The minimum Gasteiger partial charge on any atom is -0.490 e. The summed E-state index contributed by atoms with van der Waals surface area (Å²) in [7, 11) is 1.76. The van der Waals surface area contributed by atoms with Gasteiger partial charge in [0, 0.05) is 25.7 Å². The van der Waals surface area contributed by atoms with E-state index < -0.39 is 5.91 Å². The first-order valence-electron chi connectivity index (χ1n) is 10.6. The Balaban J connectivity index is 1.83. The molecule has 2 aromatic rings. The van der Waals surface area contributed by atoms with Crippen LogP contribution in [0.1, 0.15) is 37.0 Å². The maximum atomic E-state index is 10.8. The molecule has 0 heterocycles. The summed E-state index contributed by atoms with van der Waals surface area (Å²) < 4.78 is 11.4. The number of nitrogens with two attached hydrogens (primary N) is 1. The van der Waals surface area contributed by atoms with Crippen LogP contribution in [0.25, 0.3) is 0 Å². The lowest BCUT2D eigenvalue weighted by Crippen LogP contribution is -2.38. The average Bonchev–Trinajstić information content (AvgIpc) is 2.76. The molecule has 0 saturated carbocycles. The number of nitrogens with zero attached hydrogens (tertiary/aromatic N) is 1. The third-order valence-electron chi connectivity index (χ3n) is 4.81. The van der Waals surface area contributed by atoms with Crippen LogP contribution in [0.4, 0.5) is 0 Å². The first-order chi connectivity index (χ1) is 14.9. The summed E-state index contributed by atoms with van der Waals surface area (Å²) >= 11 is 0. The average molecular weight is 427 g/mol. The molecule has 0 aliphatic carbocycles. The van der Waals surface area contributed by atoms with Crippen LogP contribution in [-0.2, 0) is 17.8 Å². The second-order valence-electron chi connectivity index (χ2n) is 7.45. The van der Waals surface area contributed by atoms with Crippen molar-refractivity contribution in [3.05, 3.63) is 59.2 Å². The lowest BCUT2D eigenvalue weighted by molar-refractivity contribution is -0.119. The number of benzene rings is 2. The van der Waals surface area contributed by atoms with Gasteiger partial charge in [0.2, 0.25) is 0 Å². The molecule has 0 fully saturated rings. The van der Waals surface area contributed by atoms with E-state index in [2.05, 4.69) is 54.6 Å². The van der Waals surface area contributed by atoms with Gasteiger partial charge in [-0.15, -0.1) is 0 Å². The first kappa shape index (κ1) is 24.1. The van der Waals surface area contributed by atoms with Crippen molar-refractivity contribution in [2.24, 2.45) is 10.7 Å². The molecule has 0 aliphatic rings. The van der Waals surface area contributed by atoms with Crippen LogP contribution in [0.15, 0.2) is 47.5 Å². The minimum absolute atomic E-state index is 0.117. The van der Waals surface area contributed by atoms with E-state index in [1.54, 1.807) is 7.05 Å². The number of hydrogen-bond donors (Lipinski definition) is 3. The Morgan fingerprint density at radius 3 is 2.55 bits per heavy atom. The molecule has 1 unspecified atom stereocenters. The number of carbonyl (C=O) groups excluding carboxylic acids is 1. The van der Waals surface area contributed by atoms with Gasteiger partial charge >= 0.3 is 0 Å². The maximum Gasteiger partial charge on any atom is 0.255 e. The number of carbonyl (C=O) groups is 1. The molecule has 2 aromatic carbocycles. The number of rotatable bonds is 11. The third kappa shape index (κ3) is 8.58. The summed E-state index contributed by atoms with van der Waals surface area (Å²) in [5, 5.41) is 6.69. The predicted molar refractivity (Wildman–Crippen MR) is 125 cm³/mol. The molecule has 4 N–H and O–H groups in total. The van der Waals surface area contributed by atoms with E-state index in [0.717, 1.165) is 42.2 Å². The largest absolute Gasteiger partial charge is 0.490 e. The summed E-state index contributed by atoms with van der Waals surface area (Å²) in [6, 6.07) is 13.9. The van der Waals surface area contributed by atoms with E-state index in [9.17, 15) is 4.79 Å². The molecule has 7 nitrogen and oxygen atoms in total. The molecule has 2 rings (SSSR count). The van der Waals surface area contributed by atoms with Crippen molar-refractivity contribution in [2.45, 2.75) is 46.3 Å². The lowest BCUT2D eigenvalue weighted by atomic mass is 10.1. The molecule has 1 amide bonds. The highest BCUT2D eigenvalue weighted by atomic mass is 16.5. The zero-order valence-corrected chi connectivity index (χ0v) is 18.9. The SMILES string of the molecule is CCC(C)Oc1cc(C)ccc1CNC(=NC)NCCc1ccc(OCC(N)=O)cc1. The van der Waals surface area contributed by atoms with Gasteiger partial charge in [0.25, 0.3) is 5.91 Å². The number of guanidine groups is 1. The Hall–Kier alpha value is -3.22. The standard InChI is InChI=1S/C24H34N4O3/c1-5-18(3)31-22-14-17(2)6-9-20(22)15-28-24(26-4)27-13-12-19-7-10-21(11-8-19)30-16-23(25)29/h6-11,14,18H,5,12-13,15-16H2,1-4H3,(H2,25,29)(H2,26,27,28). The molecule has 0 radical (unpaired) electrons.